The first-order valence-electron chi connectivity index (χ1n) is 6.30. The van der Waals surface area contributed by atoms with Gasteiger partial charge in [0.15, 0.2) is 0 Å². The van der Waals surface area contributed by atoms with Crippen molar-refractivity contribution < 1.29 is 0 Å². The van der Waals surface area contributed by atoms with E-state index in [0.29, 0.717) is 5.41 Å². The zero-order valence-corrected chi connectivity index (χ0v) is 11.4. The van der Waals surface area contributed by atoms with Crippen molar-refractivity contribution in [1.29, 1.82) is 0 Å². The zero-order chi connectivity index (χ0) is 11.4. The quantitative estimate of drug-likeness (QED) is 0.555. The molecule has 0 heteroatoms. The molecule has 0 atom stereocenters. The summed E-state index contributed by atoms with van der Waals surface area (Å²) >= 11 is 0. The van der Waals surface area contributed by atoms with Gasteiger partial charge in [-0.05, 0) is 29.6 Å². The van der Waals surface area contributed by atoms with E-state index in [1.54, 1.807) is 0 Å². The molecule has 0 amide bonds. The molecule has 14 heavy (non-hydrogen) atoms. The molecule has 0 aliphatic carbocycles. The van der Waals surface area contributed by atoms with Gasteiger partial charge in [0.2, 0.25) is 0 Å². The Labute approximate surface area is 91.5 Å². The molecule has 0 aromatic carbocycles. The van der Waals surface area contributed by atoms with Crippen LogP contribution in [0.25, 0.3) is 0 Å². The Morgan fingerprint density at radius 3 is 1.57 bits per heavy atom. The van der Waals surface area contributed by atoms with E-state index in [1.165, 1.54) is 19.3 Å². The van der Waals surface area contributed by atoms with Crippen molar-refractivity contribution in [2.75, 3.05) is 0 Å². The summed E-state index contributed by atoms with van der Waals surface area (Å²) in [5.41, 5.74) is 0.537. The standard InChI is InChI=1S/C14H30/c1-11(2)9-8-10-14(7,12(3)4)13(5)6/h11-13H,8-10H2,1-7H3. The van der Waals surface area contributed by atoms with Crippen LogP contribution in [0.15, 0.2) is 0 Å². The third kappa shape index (κ3) is 4.02. The van der Waals surface area contributed by atoms with Crippen LogP contribution < -0.4 is 0 Å². The van der Waals surface area contributed by atoms with Crippen molar-refractivity contribution >= 4 is 0 Å². The van der Waals surface area contributed by atoms with E-state index >= 15 is 0 Å². The maximum Gasteiger partial charge on any atom is -0.0280 e. The molecule has 0 bridgehead atoms. The van der Waals surface area contributed by atoms with Crippen molar-refractivity contribution in [2.45, 2.75) is 67.7 Å². The second-order valence-corrected chi connectivity index (χ2v) is 6.10. The van der Waals surface area contributed by atoms with E-state index < -0.39 is 0 Å². The maximum atomic E-state index is 2.46. The molecule has 0 heterocycles. The Kier molecular flexibility index (Phi) is 5.78. The molecule has 0 aliphatic rings. The van der Waals surface area contributed by atoms with Crippen LogP contribution in [0.3, 0.4) is 0 Å². The fourth-order valence-electron chi connectivity index (χ4n) is 2.14. The van der Waals surface area contributed by atoms with Crippen LogP contribution in [0.5, 0.6) is 0 Å². The molecule has 0 aromatic heterocycles. The highest BCUT2D eigenvalue weighted by Crippen LogP contribution is 2.40. The predicted octanol–water partition coefficient (Wildman–Crippen LogP) is 5.13. The molecule has 86 valence electrons. The summed E-state index contributed by atoms with van der Waals surface area (Å²) in [6, 6.07) is 0. The second-order valence-electron chi connectivity index (χ2n) is 6.10. The van der Waals surface area contributed by atoms with Gasteiger partial charge in [0, 0.05) is 0 Å². The van der Waals surface area contributed by atoms with Gasteiger partial charge in [-0.25, -0.2) is 0 Å². The molecule has 0 saturated heterocycles. The molecular formula is C14H30. The molecule has 0 spiro atoms. The van der Waals surface area contributed by atoms with Gasteiger partial charge in [-0.2, -0.15) is 0 Å². The lowest BCUT2D eigenvalue weighted by Crippen LogP contribution is -2.29. The average molecular weight is 198 g/mol. The molecule has 0 rings (SSSR count). The lowest BCUT2D eigenvalue weighted by molar-refractivity contribution is 0.117. The Balaban J connectivity index is 4.11. The van der Waals surface area contributed by atoms with E-state index in [1.807, 2.05) is 0 Å². The molecular weight excluding hydrogens is 168 g/mol. The van der Waals surface area contributed by atoms with Gasteiger partial charge in [-0.1, -0.05) is 61.3 Å². The predicted molar refractivity (Wildman–Crippen MR) is 66.5 cm³/mol. The minimum absolute atomic E-state index is 0.537. The molecule has 0 fully saturated rings. The number of hydrogen-bond acceptors (Lipinski definition) is 0. The van der Waals surface area contributed by atoms with Crippen LogP contribution >= 0.6 is 0 Å². The van der Waals surface area contributed by atoms with Crippen LogP contribution in [0, 0.1) is 23.2 Å². The van der Waals surface area contributed by atoms with Crippen LogP contribution in [0.1, 0.15) is 67.7 Å². The molecule has 0 N–H and O–H groups in total. The molecule has 0 saturated carbocycles. The van der Waals surface area contributed by atoms with Crippen molar-refractivity contribution in [3.05, 3.63) is 0 Å². The summed E-state index contributed by atoms with van der Waals surface area (Å²) in [4.78, 5) is 0. The van der Waals surface area contributed by atoms with Gasteiger partial charge < -0.3 is 0 Å². The first kappa shape index (κ1) is 14.0. The summed E-state index contributed by atoms with van der Waals surface area (Å²) in [5, 5.41) is 0. The van der Waals surface area contributed by atoms with Gasteiger partial charge in [0.1, 0.15) is 0 Å². The SMILES string of the molecule is CC(C)CCCC(C)(C(C)C)C(C)C. The van der Waals surface area contributed by atoms with Crippen LogP contribution in [-0.4, -0.2) is 0 Å². The van der Waals surface area contributed by atoms with Gasteiger partial charge in [0.25, 0.3) is 0 Å². The fraction of sp³-hybridized carbons (Fsp3) is 1.00. The monoisotopic (exact) mass is 198 g/mol. The Bertz CT molecular complexity index is 134. The largest absolute Gasteiger partial charge is 0.0628 e. The van der Waals surface area contributed by atoms with E-state index in [0.717, 1.165) is 17.8 Å². The molecule has 0 nitrogen and oxygen atoms in total. The lowest BCUT2D eigenvalue weighted by atomic mass is 9.67. The van der Waals surface area contributed by atoms with Gasteiger partial charge in [0.05, 0.1) is 0 Å². The Morgan fingerprint density at radius 1 is 0.857 bits per heavy atom. The normalized spacial score (nSPS) is 13.3. The summed E-state index contributed by atoms with van der Waals surface area (Å²) in [5.74, 6) is 2.46. The molecule has 0 aliphatic heterocycles. The Morgan fingerprint density at radius 2 is 1.29 bits per heavy atom. The molecule has 0 unspecified atom stereocenters. The van der Waals surface area contributed by atoms with E-state index in [-0.39, 0.29) is 0 Å². The first-order chi connectivity index (χ1) is 6.30. The topological polar surface area (TPSA) is 0 Å². The van der Waals surface area contributed by atoms with Crippen molar-refractivity contribution in [1.82, 2.24) is 0 Å². The first-order valence-corrected chi connectivity index (χ1v) is 6.30. The molecule has 0 radical (unpaired) electrons. The minimum Gasteiger partial charge on any atom is -0.0628 e. The highest BCUT2D eigenvalue weighted by atomic mass is 14.4. The minimum atomic E-state index is 0.537. The summed E-state index contributed by atoms with van der Waals surface area (Å²) in [7, 11) is 0. The third-order valence-corrected chi connectivity index (χ3v) is 4.13. The molecule has 0 aromatic rings. The maximum absolute atomic E-state index is 2.46. The third-order valence-electron chi connectivity index (χ3n) is 4.13. The summed E-state index contributed by atoms with van der Waals surface area (Å²) in [6.45, 7) is 16.6. The average Bonchev–Trinajstić information content (AvgIpc) is 2.02. The smallest absolute Gasteiger partial charge is 0.0280 e. The van der Waals surface area contributed by atoms with Crippen LogP contribution in [-0.2, 0) is 0 Å². The van der Waals surface area contributed by atoms with Crippen molar-refractivity contribution in [3.63, 3.8) is 0 Å². The Hall–Kier alpha value is 0. The lowest BCUT2D eigenvalue weighted by Gasteiger charge is -2.38. The van der Waals surface area contributed by atoms with Gasteiger partial charge in [-0.3, -0.25) is 0 Å². The highest BCUT2D eigenvalue weighted by Gasteiger charge is 2.30. The van der Waals surface area contributed by atoms with E-state index in [2.05, 4.69) is 48.5 Å². The number of rotatable bonds is 6. The highest BCUT2D eigenvalue weighted by molar-refractivity contribution is 4.80. The summed E-state index contributed by atoms with van der Waals surface area (Å²) < 4.78 is 0. The van der Waals surface area contributed by atoms with Gasteiger partial charge in [-0.15, -0.1) is 0 Å². The fourth-order valence-corrected chi connectivity index (χ4v) is 2.14. The zero-order valence-electron chi connectivity index (χ0n) is 11.4. The van der Waals surface area contributed by atoms with Crippen LogP contribution in [0.4, 0.5) is 0 Å². The van der Waals surface area contributed by atoms with Gasteiger partial charge >= 0.3 is 0 Å². The van der Waals surface area contributed by atoms with E-state index in [4.69, 9.17) is 0 Å². The van der Waals surface area contributed by atoms with Crippen molar-refractivity contribution in [3.8, 4) is 0 Å². The number of hydrogen-bond donors (Lipinski definition) is 0. The second kappa shape index (κ2) is 5.78. The van der Waals surface area contributed by atoms with E-state index in [9.17, 15) is 0 Å². The van der Waals surface area contributed by atoms with Crippen LogP contribution in [0.2, 0.25) is 0 Å². The summed E-state index contributed by atoms with van der Waals surface area (Å²) in [6.07, 6.45) is 4.17. The van der Waals surface area contributed by atoms with Crippen molar-refractivity contribution in [2.24, 2.45) is 23.2 Å².